The normalized spacial score (nSPS) is 10.0. The zero-order chi connectivity index (χ0) is 21.2. The molecule has 2 aromatic rings. The Kier molecular flexibility index (Phi) is 8.57. The van der Waals surface area contributed by atoms with E-state index in [9.17, 15) is 14.4 Å². The second-order valence-electron chi connectivity index (χ2n) is 5.57. The number of hydrazine groups is 1. The third kappa shape index (κ3) is 7.17. The number of carbonyl (C=O) groups is 3. The summed E-state index contributed by atoms with van der Waals surface area (Å²) in [4.78, 5) is 35.6. The monoisotopic (exact) mass is 439 g/mol. The summed E-state index contributed by atoms with van der Waals surface area (Å²) in [7, 11) is 0. The maximum Gasteiger partial charge on any atom is 0.276 e. The average molecular weight is 440 g/mol. The van der Waals surface area contributed by atoms with Gasteiger partial charge in [-0.3, -0.25) is 25.2 Å². The number of rotatable bonds is 8. The van der Waals surface area contributed by atoms with E-state index in [-0.39, 0.29) is 23.7 Å². The molecule has 0 aliphatic heterocycles. The minimum atomic E-state index is -0.633. The zero-order valence-corrected chi connectivity index (χ0v) is 17.0. The van der Waals surface area contributed by atoms with Crippen molar-refractivity contribution in [2.24, 2.45) is 0 Å². The largest absolute Gasteiger partial charge is 0.490 e. The second-order valence-corrected chi connectivity index (χ2v) is 6.42. The molecule has 0 aliphatic carbocycles. The van der Waals surface area contributed by atoms with Crippen LogP contribution in [0.5, 0.6) is 11.5 Å². The van der Waals surface area contributed by atoms with Gasteiger partial charge in [0.2, 0.25) is 0 Å². The molecule has 29 heavy (non-hydrogen) atoms. The number of amides is 3. The van der Waals surface area contributed by atoms with Crippen LogP contribution in [0.1, 0.15) is 17.3 Å². The summed E-state index contributed by atoms with van der Waals surface area (Å²) in [5.41, 5.74) is 4.53. The van der Waals surface area contributed by atoms with Crippen molar-refractivity contribution in [3.63, 3.8) is 0 Å². The quantitative estimate of drug-likeness (QED) is 0.547. The molecule has 8 nitrogen and oxygen atoms in total. The Morgan fingerprint density at radius 1 is 0.931 bits per heavy atom. The third-order valence-corrected chi connectivity index (χ3v) is 3.98. The molecule has 0 heterocycles. The van der Waals surface area contributed by atoms with Gasteiger partial charge in [-0.2, -0.15) is 0 Å². The first-order valence-corrected chi connectivity index (χ1v) is 9.32. The van der Waals surface area contributed by atoms with Gasteiger partial charge in [-0.05, 0) is 37.3 Å². The number of hydrogen-bond donors (Lipinski definition) is 3. The highest BCUT2D eigenvalue weighted by Crippen LogP contribution is 2.26. The van der Waals surface area contributed by atoms with E-state index in [1.54, 1.807) is 24.3 Å². The summed E-state index contributed by atoms with van der Waals surface area (Å²) in [5.74, 6) is -0.856. The van der Waals surface area contributed by atoms with Crippen LogP contribution in [0.15, 0.2) is 42.5 Å². The molecule has 0 bridgehead atoms. The number of ether oxygens (including phenoxy) is 2. The van der Waals surface area contributed by atoms with Crippen LogP contribution in [0, 0.1) is 0 Å². The summed E-state index contributed by atoms with van der Waals surface area (Å²) in [6, 6.07) is 11.3. The fourth-order valence-electron chi connectivity index (χ4n) is 2.14. The Labute approximate surface area is 177 Å². The van der Waals surface area contributed by atoms with Gasteiger partial charge in [0.05, 0.1) is 23.7 Å². The van der Waals surface area contributed by atoms with Gasteiger partial charge < -0.3 is 14.8 Å². The van der Waals surface area contributed by atoms with Gasteiger partial charge in [0.1, 0.15) is 0 Å². The van der Waals surface area contributed by atoms with Crippen molar-refractivity contribution in [2.45, 2.75) is 6.92 Å². The molecule has 2 aromatic carbocycles. The summed E-state index contributed by atoms with van der Waals surface area (Å²) in [6.07, 6.45) is 0. The standard InChI is InChI=1S/C19H19Cl2N3O5/c1-2-28-15-5-3-4-6-16(15)29-11-18(26)24-23-17(25)10-22-19(27)13-8-7-12(20)9-14(13)21/h3-9H,2,10-11H2,1H3,(H,22,27)(H,23,25)(H,24,26). The average Bonchev–Trinajstić information content (AvgIpc) is 2.70. The van der Waals surface area contributed by atoms with Crippen LogP contribution in [0.2, 0.25) is 10.0 Å². The summed E-state index contributed by atoms with van der Waals surface area (Å²) >= 11 is 11.7. The Bertz CT molecular complexity index is 892. The van der Waals surface area contributed by atoms with Crippen LogP contribution in [0.25, 0.3) is 0 Å². The van der Waals surface area contributed by atoms with Crippen LogP contribution in [0.4, 0.5) is 0 Å². The van der Waals surface area contributed by atoms with Crippen molar-refractivity contribution in [3.8, 4) is 11.5 Å². The van der Waals surface area contributed by atoms with Crippen LogP contribution < -0.4 is 25.6 Å². The van der Waals surface area contributed by atoms with Gasteiger partial charge in [-0.15, -0.1) is 0 Å². The van der Waals surface area contributed by atoms with E-state index >= 15 is 0 Å². The van der Waals surface area contributed by atoms with Crippen LogP contribution in [-0.4, -0.2) is 37.5 Å². The van der Waals surface area contributed by atoms with Gasteiger partial charge in [0.25, 0.3) is 17.7 Å². The first kappa shape index (κ1) is 22.3. The lowest BCUT2D eigenvalue weighted by Gasteiger charge is -2.12. The Morgan fingerprint density at radius 3 is 2.24 bits per heavy atom. The summed E-state index contributed by atoms with van der Waals surface area (Å²) in [5, 5.41) is 2.93. The highest BCUT2D eigenvalue weighted by atomic mass is 35.5. The minimum Gasteiger partial charge on any atom is -0.490 e. The molecule has 0 saturated carbocycles. The van der Waals surface area contributed by atoms with Crippen molar-refractivity contribution in [1.29, 1.82) is 0 Å². The lowest BCUT2D eigenvalue weighted by molar-refractivity contribution is -0.129. The third-order valence-electron chi connectivity index (χ3n) is 3.43. The molecule has 3 amide bonds. The Balaban J connectivity index is 1.73. The second kappa shape index (κ2) is 11.1. The predicted octanol–water partition coefficient (Wildman–Crippen LogP) is 2.35. The highest BCUT2D eigenvalue weighted by molar-refractivity contribution is 6.36. The SMILES string of the molecule is CCOc1ccccc1OCC(=O)NNC(=O)CNC(=O)c1ccc(Cl)cc1Cl. The molecule has 0 fully saturated rings. The Hall–Kier alpha value is -2.97. The molecule has 0 aromatic heterocycles. The maximum absolute atomic E-state index is 12.0. The number of nitrogens with one attached hydrogen (secondary N) is 3. The van der Waals surface area contributed by atoms with Crippen molar-refractivity contribution in [1.82, 2.24) is 16.2 Å². The molecular formula is C19H19Cl2N3O5. The molecule has 0 saturated heterocycles. The lowest BCUT2D eigenvalue weighted by Crippen LogP contribution is -2.47. The summed E-state index contributed by atoms with van der Waals surface area (Å²) < 4.78 is 10.8. The number of hydrogen-bond acceptors (Lipinski definition) is 5. The van der Waals surface area contributed by atoms with E-state index in [0.717, 1.165) is 0 Å². The minimum absolute atomic E-state index is 0.160. The molecule has 3 N–H and O–H groups in total. The molecule has 10 heteroatoms. The first-order chi connectivity index (χ1) is 13.9. The van der Waals surface area contributed by atoms with Crippen LogP contribution in [0.3, 0.4) is 0 Å². The summed E-state index contributed by atoms with van der Waals surface area (Å²) in [6.45, 7) is 1.58. The number of benzene rings is 2. The molecule has 0 atom stereocenters. The number of carbonyl (C=O) groups excluding carboxylic acids is 3. The van der Waals surface area contributed by atoms with Gasteiger partial charge >= 0.3 is 0 Å². The van der Waals surface area contributed by atoms with E-state index in [4.69, 9.17) is 32.7 Å². The van der Waals surface area contributed by atoms with E-state index in [1.807, 2.05) is 6.92 Å². The van der Waals surface area contributed by atoms with Crippen molar-refractivity contribution >= 4 is 40.9 Å². The van der Waals surface area contributed by atoms with E-state index in [1.165, 1.54) is 18.2 Å². The maximum atomic E-state index is 12.0. The van der Waals surface area contributed by atoms with Crippen molar-refractivity contribution in [2.75, 3.05) is 19.8 Å². The smallest absolute Gasteiger partial charge is 0.276 e. The molecule has 0 spiro atoms. The fourth-order valence-corrected chi connectivity index (χ4v) is 2.63. The molecule has 0 aliphatic rings. The highest BCUT2D eigenvalue weighted by Gasteiger charge is 2.13. The molecule has 2 rings (SSSR count). The van der Waals surface area contributed by atoms with Gasteiger partial charge in [-0.25, -0.2) is 0 Å². The van der Waals surface area contributed by atoms with E-state index in [2.05, 4.69) is 16.2 Å². The fraction of sp³-hybridized carbons (Fsp3) is 0.211. The van der Waals surface area contributed by atoms with Crippen LogP contribution in [-0.2, 0) is 9.59 Å². The lowest BCUT2D eigenvalue weighted by atomic mass is 10.2. The molecular weight excluding hydrogens is 421 g/mol. The molecule has 0 unspecified atom stereocenters. The van der Waals surface area contributed by atoms with Gasteiger partial charge in [0, 0.05) is 5.02 Å². The van der Waals surface area contributed by atoms with Gasteiger partial charge in [-0.1, -0.05) is 35.3 Å². The van der Waals surface area contributed by atoms with Crippen molar-refractivity contribution < 1.29 is 23.9 Å². The van der Waals surface area contributed by atoms with Crippen LogP contribution >= 0.6 is 23.2 Å². The topological polar surface area (TPSA) is 106 Å². The predicted molar refractivity (Wildman–Crippen MR) is 108 cm³/mol. The zero-order valence-electron chi connectivity index (χ0n) is 15.5. The molecule has 0 radical (unpaired) electrons. The van der Waals surface area contributed by atoms with Crippen molar-refractivity contribution in [3.05, 3.63) is 58.1 Å². The molecule has 154 valence electrons. The first-order valence-electron chi connectivity index (χ1n) is 8.56. The van der Waals surface area contributed by atoms with E-state index in [0.29, 0.717) is 23.1 Å². The number of halogens is 2. The number of para-hydroxylation sites is 2. The Morgan fingerprint density at radius 2 is 1.59 bits per heavy atom. The van der Waals surface area contributed by atoms with E-state index < -0.39 is 17.7 Å². The van der Waals surface area contributed by atoms with Gasteiger partial charge in [0.15, 0.2) is 18.1 Å².